The number of fused-ring (bicyclic) bond motifs is 1. The van der Waals surface area contributed by atoms with Crippen molar-refractivity contribution in [2.24, 2.45) is 0 Å². The average Bonchev–Trinajstić information content (AvgIpc) is 2.47. The van der Waals surface area contributed by atoms with Gasteiger partial charge in [-0.1, -0.05) is 47.5 Å². The van der Waals surface area contributed by atoms with Crippen molar-refractivity contribution in [1.29, 1.82) is 0 Å². The lowest BCUT2D eigenvalue weighted by Gasteiger charge is -2.09. The van der Waals surface area contributed by atoms with Crippen molar-refractivity contribution in [3.8, 4) is 0 Å². The van der Waals surface area contributed by atoms with Crippen molar-refractivity contribution in [1.82, 2.24) is 4.98 Å². The second-order valence-electron chi connectivity index (χ2n) is 5.27. The fourth-order valence-electron chi connectivity index (χ4n) is 2.40. The van der Waals surface area contributed by atoms with E-state index in [4.69, 9.17) is 28.2 Å². The molecule has 1 heterocycles. The van der Waals surface area contributed by atoms with Gasteiger partial charge in [-0.15, -0.1) is 11.8 Å². The van der Waals surface area contributed by atoms with E-state index >= 15 is 0 Å². The van der Waals surface area contributed by atoms with Gasteiger partial charge < -0.3 is 0 Å². The summed E-state index contributed by atoms with van der Waals surface area (Å²) in [7, 11) is 0. The fourth-order valence-corrected chi connectivity index (χ4v) is 3.92. The first kappa shape index (κ1) is 15.7. The summed E-state index contributed by atoms with van der Waals surface area (Å²) in [6.07, 6.45) is 0. The van der Waals surface area contributed by atoms with E-state index in [0.717, 1.165) is 21.9 Å². The molecular formula is C18H15Cl2NS. The highest BCUT2D eigenvalue weighted by atomic mass is 35.5. The molecule has 0 spiro atoms. The van der Waals surface area contributed by atoms with E-state index in [9.17, 15) is 0 Å². The number of benzene rings is 2. The highest BCUT2D eigenvalue weighted by molar-refractivity contribution is 7.98. The van der Waals surface area contributed by atoms with Gasteiger partial charge in [0, 0.05) is 21.2 Å². The summed E-state index contributed by atoms with van der Waals surface area (Å²) in [4.78, 5) is 4.79. The number of nitrogens with zero attached hydrogens (tertiary/aromatic N) is 1. The van der Waals surface area contributed by atoms with Crippen LogP contribution in [0.25, 0.3) is 10.9 Å². The van der Waals surface area contributed by atoms with Crippen LogP contribution in [0.5, 0.6) is 0 Å². The molecule has 3 aromatic rings. The minimum Gasteiger partial charge on any atom is -0.241 e. The van der Waals surface area contributed by atoms with Gasteiger partial charge in [-0.3, -0.25) is 0 Å². The van der Waals surface area contributed by atoms with Crippen molar-refractivity contribution >= 4 is 45.9 Å². The van der Waals surface area contributed by atoms with E-state index in [2.05, 4.69) is 38.1 Å². The number of hydrogen-bond acceptors (Lipinski definition) is 2. The third-order valence-electron chi connectivity index (χ3n) is 3.62. The van der Waals surface area contributed by atoms with Gasteiger partial charge in [0.25, 0.3) is 0 Å². The molecule has 4 heteroatoms. The second-order valence-corrected chi connectivity index (χ2v) is 7.11. The van der Waals surface area contributed by atoms with E-state index in [1.165, 1.54) is 16.5 Å². The number of aryl methyl sites for hydroxylation is 2. The maximum atomic E-state index is 6.23. The van der Waals surface area contributed by atoms with Gasteiger partial charge in [0.15, 0.2) is 0 Å². The molecular weight excluding hydrogens is 333 g/mol. The average molecular weight is 348 g/mol. The van der Waals surface area contributed by atoms with Gasteiger partial charge in [-0.2, -0.15) is 0 Å². The van der Waals surface area contributed by atoms with Crippen molar-refractivity contribution in [3.05, 3.63) is 69.2 Å². The Morgan fingerprint density at radius 2 is 1.82 bits per heavy atom. The molecule has 0 amide bonds. The SMILES string of the molecule is Cc1cc(SCc2ccc(Cl)cc2Cl)nc2c(C)cccc12. The molecule has 0 aliphatic heterocycles. The highest BCUT2D eigenvalue weighted by Gasteiger charge is 2.07. The third-order valence-corrected chi connectivity index (χ3v) is 5.16. The summed E-state index contributed by atoms with van der Waals surface area (Å²) >= 11 is 13.9. The van der Waals surface area contributed by atoms with E-state index in [-0.39, 0.29) is 0 Å². The van der Waals surface area contributed by atoms with Gasteiger partial charge in [0.05, 0.1) is 10.5 Å². The van der Waals surface area contributed by atoms with Gasteiger partial charge in [0.1, 0.15) is 0 Å². The monoisotopic (exact) mass is 347 g/mol. The van der Waals surface area contributed by atoms with Crippen molar-refractivity contribution < 1.29 is 0 Å². The van der Waals surface area contributed by atoms with Crippen LogP contribution in [0.15, 0.2) is 47.5 Å². The lowest BCUT2D eigenvalue weighted by Crippen LogP contribution is -1.90. The second kappa shape index (κ2) is 6.49. The Labute approximate surface area is 144 Å². The Morgan fingerprint density at radius 1 is 1.00 bits per heavy atom. The Hall–Kier alpha value is -1.22. The lowest BCUT2D eigenvalue weighted by atomic mass is 10.1. The molecule has 112 valence electrons. The smallest absolute Gasteiger partial charge is 0.0973 e. The van der Waals surface area contributed by atoms with E-state index in [0.29, 0.717) is 10.0 Å². The number of aromatic nitrogens is 1. The summed E-state index contributed by atoms with van der Waals surface area (Å²) in [5, 5.41) is 3.60. The molecule has 0 aliphatic carbocycles. The molecule has 0 atom stereocenters. The molecule has 0 fully saturated rings. The van der Waals surface area contributed by atoms with E-state index in [1.807, 2.05) is 12.1 Å². The Morgan fingerprint density at radius 3 is 2.59 bits per heavy atom. The summed E-state index contributed by atoms with van der Waals surface area (Å²) in [5.74, 6) is 0.778. The van der Waals surface area contributed by atoms with Crippen LogP contribution in [-0.4, -0.2) is 4.98 Å². The van der Waals surface area contributed by atoms with Crippen LogP contribution >= 0.6 is 35.0 Å². The Bertz CT molecular complexity index is 846. The van der Waals surface area contributed by atoms with Crippen LogP contribution in [0.1, 0.15) is 16.7 Å². The zero-order valence-corrected chi connectivity index (χ0v) is 14.7. The predicted molar refractivity (Wildman–Crippen MR) is 97.2 cm³/mol. The predicted octanol–water partition coefficient (Wildman–Crippen LogP) is 6.45. The van der Waals surface area contributed by atoms with Gasteiger partial charge >= 0.3 is 0 Å². The first-order valence-corrected chi connectivity index (χ1v) is 8.72. The van der Waals surface area contributed by atoms with Crippen molar-refractivity contribution in [2.45, 2.75) is 24.6 Å². The molecule has 0 bridgehead atoms. The van der Waals surface area contributed by atoms with Crippen LogP contribution in [0.3, 0.4) is 0 Å². The molecule has 22 heavy (non-hydrogen) atoms. The summed E-state index contributed by atoms with van der Waals surface area (Å²) in [6, 6.07) is 14.0. The zero-order valence-electron chi connectivity index (χ0n) is 12.4. The van der Waals surface area contributed by atoms with Crippen LogP contribution < -0.4 is 0 Å². The summed E-state index contributed by atoms with van der Waals surface area (Å²) in [6.45, 7) is 4.22. The maximum absolute atomic E-state index is 6.23. The van der Waals surface area contributed by atoms with Crippen LogP contribution in [0, 0.1) is 13.8 Å². The summed E-state index contributed by atoms with van der Waals surface area (Å²) < 4.78 is 0. The van der Waals surface area contributed by atoms with Crippen molar-refractivity contribution in [3.63, 3.8) is 0 Å². The van der Waals surface area contributed by atoms with Gasteiger partial charge in [0.2, 0.25) is 0 Å². The quantitative estimate of drug-likeness (QED) is 0.504. The molecule has 0 N–H and O–H groups in total. The normalized spacial score (nSPS) is 11.1. The number of halogens is 2. The Balaban J connectivity index is 1.89. The number of hydrogen-bond donors (Lipinski definition) is 0. The van der Waals surface area contributed by atoms with E-state index in [1.54, 1.807) is 17.8 Å². The molecule has 1 nitrogen and oxygen atoms in total. The third kappa shape index (κ3) is 3.24. The molecule has 0 radical (unpaired) electrons. The first-order chi connectivity index (χ1) is 10.5. The van der Waals surface area contributed by atoms with Crippen molar-refractivity contribution in [2.75, 3.05) is 0 Å². The molecule has 0 unspecified atom stereocenters. The zero-order chi connectivity index (χ0) is 15.7. The first-order valence-electron chi connectivity index (χ1n) is 6.98. The van der Waals surface area contributed by atoms with Crippen LogP contribution in [0.2, 0.25) is 10.0 Å². The molecule has 2 aromatic carbocycles. The molecule has 0 aliphatic rings. The van der Waals surface area contributed by atoms with Crippen LogP contribution in [0.4, 0.5) is 0 Å². The molecule has 0 saturated heterocycles. The largest absolute Gasteiger partial charge is 0.241 e. The molecule has 1 aromatic heterocycles. The number of rotatable bonds is 3. The van der Waals surface area contributed by atoms with E-state index < -0.39 is 0 Å². The highest BCUT2D eigenvalue weighted by Crippen LogP contribution is 2.30. The number of pyridine rings is 1. The number of thioether (sulfide) groups is 1. The Kier molecular flexibility index (Phi) is 4.62. The van der Waals surface area contributed by atoms with Crippen LogP contribution in [-0.2, 0) is 5.75 Å². The topological polar surface area (TPSA) is 12.9 Å². The lowest BCUT2D eigenvalue weighted by molar-refractivity contribution is 1.15. The van der Waals surface area contributed by atoms with Gasteiger partial charge in [-0.25, -0.2) is 4.98 Å². The number of para-hydroxylation sites is 1. The molecule has 0 saturated carbocycles. The van der Waals surface area contributed by atoms with Gasteiger partial charge in [-0.05, 0) is 48.7 Å². The maximum Gasteiger partial charge on any atom is 0.0973 e. The standard InChI is InChI=1S/C18H15Cl2NS/c1-11-4-3-5-15-12(2)8-17(21-18(11)15)22-10-13-6-7-14(19)9-16(13)20/h3-9H,10H2,1-2H3. The fraction of sp³-hybridized carbons (Fsp3) is 0.167. The minimum absolute atomic E-state index is 0.661. The summed E-state index contributed by atoms with van der Waals surface area (Å²) in [5.41, 5.74) is 4.60. The minimum atomic E-state index is 0.661. The molecule has 3 rings (SSSR count).